The van der Waals surface area contributed by atoms with Gasteiger partial charge in [-0.25, -0.2) is 0 Å². The van der Waals surface area contributed by atoms with Crippen LogP contribution in [-0.4, -0.2) is 39.5 Å². The van der Waals surface area contributed by atoms with Crippen LogP contribution in [0.1, 0.15) is 87.0 Å². The minimum absolute atomic E-state index is 0.0121. The zero-order valence-corrected chi connectivity index (χ0v) is 17.0. The van der Waals surface area contributed by atoms with Crippen LogP contribution in [0.15, 0.2) is 11.6 Å². The fourth-order valence-corrected chi connectivity index (χ4v) is 4.32. The van der Waals surface area contributed by atoms with Gasteiger partial charge in [-0.05, 0) is 79.7 Å². The SMILES string of the molecule is CC=C(C)C(C)CCC(=O)CCCN1C(C)(C)CC(O)CC1(C)C. The number of allylic oxidation sites excluding steroid dienone is 2. The van der Waals surface area contributed by atoms with Crippen LogP contribution < -0.4 is 0 Å². The lowest BCUT2D eigenvalue weighted by atomic mass is 9.78. The molecule has 1 fully saturated rings. The molecule has 1 aliphatic rings. The number of nitrogens with zero attached hydrogens (tertiary/aromatic N) is 1. The monoisotopic (exact) mass is 337 g/mol. The van der Waals surface area contributed by atoms with Crippen molar-refractivity contribution in [3.05, 3.63) is 11.6 Å². The van der Waals surface area contributed by atoms with Crippen LogP contribution >= 0.6 is 0 Å². The molecule has 0 aromatic carbocycles. The van der Waals surface area contributed by atoms with Gasteiger partial charge in [-0.3, -0.25) is 9.69 Å². The number of hydrogen-bond donors (Lipinski definition) is 1. The number of Topliss-reactive ketones (excluding diaryl/α,β-unsaturated/α-hetero) is 1. The second-order valence-corrected chi connectivity index (χ2v) is 8.95. The Kier molecular flexibility index (Phi) is 7.68. The number of carbonyl (C=O) groups excluding carboxylic acids is 1. The van der Waals surface area contributed by atoms with Crippen molar-refractivity contribution in [3.8, 4) is 0 Å². The van der Waals surface area contributed by atoms with Crippen molar-refractivity contribution in [1.29, 1.82) is 0 Å². The van der Waals surface area contributed by atoms with Gasteiger partial charge in [0.2, 0.25) is 0 Å². The van der Waals surface area contributed by atoms with Crippen molar-refractivity contribution >= 4 is 5.78 Å². The fourth-order valence-electron chi connectivity index (χ4n) is 4.32. The van der Waals surface area contributed by atoms with Gasteiger partial charge in [0, 0.05) is 23.9 Å². The molecule has 0 radical (unpaired) electrons. The first kappa shape index (κ1) is 21.4. The number of piperidine rings is 1. The van der Waals surface area contributed by atoms with Crippen LogP contribution in [0.3, 0.4) is 0 Å². The first-order valence-corrected chi connectivity index (χ1v) is 9.60. The van der Waals surface area contributed by atoms with Crippen molar-refractivity contribution in [3.63, 3.8) is 0 Å². The number of aliphatic hydroxyl groups is 1. The van der Waals surface area contributed by atoms with Crippen LogP contribution in [0, 0.1) is 5.92 Å². The first-order valence-electron chi connectivity index (χ1n) is 9.60. The fraction of sp³-hybridized carbons (Fsp3) is 0.857. The van der Waals surface area contributed by atoms with E-state index >= 15 is 0 Å². The van der Waals surface area contributed by atoms with E-state index in [-0.39, 0.29) is 17.2 Å². The lowest BCUT2D eigenvalue weighted by Crippen LogP contribution is -2.61. The molecule has 0 aliphatic carbocycles. The quantitative estimate of drug-likeness (QED) is 0.651. The van der Waals surface area contributed by atoms with Gasteiger partial charge in [-0.15, -0.1) is 0 Å². The van der Waals surface area contributed by atoms with Crippen molar-refractivity contribution in [2.45, 2.75) is 104 Å². The Balaban J connectivity index is 2.44. The van der Waals surface area contributed by atoms with Crippen molar-refractivity contribution in [2.75, 3.05) is 6.54 Å². The zero-order valence-electron chi connectivity index (χ0n) is 17.0. The maximum Gasteiger partial charge on any atom is 0.132 e. The van der Waals surface area contributed by atoms with Crippen molar-refractivity contribution in [1.82, 2.24) is 4.90 Å². The summed E-state index contributed by atoms with van der Waals surface area (Å²) in [4.78, 5) is 14.7. The largest absolute Gasteiger partial charge is 0.393 e. The normalized spacial score (nSPS) is 23.2. The Morgan fingerprint density at radius 1 is 1.21 bits per heavy atom. The van der Waals surface area contributed by atoms with Gasteiger partial charge in [0.1, 0.15) is 5.78 Å². The van der Waals surface area contributed by atoms with E-state index < -0.39 is 0 Å². The van der Waals surface area contributed by atoms with Gasteiger partial charge in [-0.2, -0.15) is 0 Å². The molecule has 0 aromatic rings. The number of rotatable bonds is 8. The zero-order chi connectivity index (χ0) is 18.5. The van der Waals surface area contributed by atoms with Crippen LogP contribution in [0.2, 0.25) is 0 Å². The van der Waals surface area contributed by atoms with E-state index in [4.69, 9.17) is 0 Å². The molecular weight excluding hydrogens is 298 g/mol. The minimum atomic E-state index is -0.218. The highest BCUT2D eigenvalue weighted by molar-refractivity contribution is 5.78. The van der Waals surface area contributed by atoms with E-state index in [0.29, 0.717) is 24.5 Å². The third-order valence-corrected chi connectivity index (χ3v) is 5.86. The van der Waals surface area contributed by atoms with Crippen LogP contribution in [0.5, 0.6) is 0 Å². The molecule has 1 aliphatic heterocycles. The van der Waals surface area contributed by atoms with E-state index in [0.717, 1.165) is 32.2 Å². The highest BCUT2D eigenvalue weighted by Crippen LogP contribution is 2.38. The summed E-state index contributed by atoms with van der Waals surface area (Å²) in [6.45, 7) is 16.2. The van der Waals surface area contributed by atoms with Gasteiger partial charge >= 0.3 is 0 Å². The Morgan fingerprint density at radius 3 is 2.25 bits per heavy atom. The topological polar surface area (TPSA) is 40.5 Å². The second-order valence-electron chi connectivity index (χ2n) is 8.95. The number of ketones is 1. The Hall–Kier alpha value is -0.670. The molecule has 0 amide bonds. The number of carbonyl (C=O) groups is 1. The molecule has 0 spiro atoms. The molecule has 1 unspecified atom stereocenters. The molecule has 24 heavy (non-hydrogen) atoms. The number of hydrogen-bond acceptors (Lipinski definition) is 3. The Morgan fingerprint density at radius 2 is 1.75 bits per heavy atom. The van der Waals surface area contributed by atoms with Gasteiger partial charge in [-0.1, -0.05) is 18.6 Å². The highest BCUT2D eigenvalue weighted by Gasteiger charge is 2.44. The lowest BCUT2D eigenvalue weighted by molar-refractivity contribution is -0.120. The van der Waals surface area contributed by atoms with Crippen LogP contribution in [0.25, 0.3) is 0 Å². The van der Waals surface area contributed by atoms with Crippen molar-refractivity contribution in [2.24, 2.45) is 5.92 Å². The summed E-state index contributed by atoms with van der Waals surface area (Å²) in [6.07, 6.45) is 6.79. The third kappa shape index (κ3) is 6.00. The van der Waals surface area contributed by atoms with E-state index in [1.165, 1.54) is 5.57 Å². The molecule has 1 N–H and O–H groups in total. The van der Waals surface area contributed by atoms with Gasteiger partial charge < -0.3 is 5.11 Å². The van der Waals surface area contributed by atoms with Crippen LogP contribution in [-0.2, 0) is 4.79 Å². The molecule has 1 saturated heterocycles. The standard InChI is InChI=1S/C21H39NO2/c1-8-16(2)17(3)11-12-18(23)10-9-13-22-20(4,5)14-19(24)15-21(22,6)7/h8,17,19,24H,9-15H2,1-7H3. The maximum atomic E-state index is 12.2. The number of likely N-dealkylation sites (tertiary alicyclic amines) is 1. The number of aliphatic hydroxyl groups excluding tert-OH is 1. The van der Waals surface area contributed by atoms with Gasteiger partial charge in [0.05, 0.1) is 6.10 Å². The van der Waals surface area contributed by atoms with E-state index in [1.54, 1.807) is 0 Å². The molecule has 0 aromatic heterocycles. The summed E-state index contributed by atoms with van der Waals surface area (Å²) in [5.74, 6) is 0.888. The summed E-state index contributed by atoms with van der Waals surface area (Å²) in [5.41, 5.74) is 1.35. The van der Waals surface area contributed by atoms with Gasteiger partial charge in [0.15, 0.2) is 0 Å². The van der Waals surface area contributed by atoms with E-state index in [9.17, 15) is 9.90 Å². The average Bonchev–Trinajstić information content (AvgIpc) is 2.45. The average molecular weight is 338 g/mol. The molecule has 0 saturated carbocycles. The molecule has 3 nitrogen and oxygen atoms in total. The summed E-state index contributed by atoms with van der Waals surface area (Å²) >= 11 is 0. The second kappa shape index (κ2) is 8.62. The third-order valence-electron chi connectivity index (χ3n) is 5.86. The highest BCUT2D eigenvalue weighted by atomic mass is 16.3. The minimum Gasteiger partial charge on any atom is -0.393 e. The maximum absolute atomic E-state index is 12.2. The molecular formula is C21H39NO2. The molecule has 1 atom stereocenters. The van der Waals surface area contributed by atoms with Crippen LogP contribution in [0.4, 0.5) is 0 Å². The summed E-state index contributed by atoms with van der Waals surface area (Å²) < 4.78 is 0. The Labute approximate surface area is 149 Å². The predicted molar refractivity (Wildman–Crippen MR) is 102 cm³/mol. The molecule has 1 heterocycles. The lowest BCUT2D eigenvalue weighted by Gasteiger charge is -2.54. The van der Waals surface area contributed by atoms with Crippen molar-refractivity contribution < 1.29 is 9.90 Å². The Bertz CT molecular complexity index is 433. The molecule has 0 bridgehead atoms. The molecule has 3 heteroatoms. The van der Waals surface area contributed by atoms with Gasteiger partial charge in [0.25, 0.3) is 0 Å². The molecule has 1 rings (SSSR count). The molecule has 140 valence electrons. The van der Waals surface area contributed by atoms with E-state index in [2.05, 4.69) is 59.4 Å². The van der Waals surface area contributed by atoms with E-state index in [1.807, 2.05) is 0 Å². The predicted octanol–water partition coefficient (Wildman–Crippen LogP) is 4.73. The summed E-state index contributed by atoms with van der Waals surface area (Å²) in [7, 11) is 0. The first-order chi connectivity index (χ1) is 11.0. The smallest absolute Gasteiger partial charge is 0.132 e. The summed E-state index contributed by atoms with van der Waals surface area (Å²) in [6, 6.07) is 0. The summed E-state index contributed by atoms with van der Waals surface area (Å²) in [5, 5.41) is 10.1.